The molecular weight excluding hydrogens is 346 g/mol. The molecule has 2 heterocycles. The van der Waals surface area contributed by atoms with Crippen molar-refractivity contribution in [1.29, 1.82) is 5.41 Å². The van der Waals surface area contributed by atoms with Crippen LogP contribution < -0.4 is 9.44 Å². The number of benzene rings is 1. The number of rotatable bonds is 6. The van der Waals surface area contributed by atoms with Gasteiger partial charge in [0.2, 0.25) is 0 Å². The van der Waals surface area contributed by atoms with Crippen LogP contribution in [0.15, 0.2) is 30.3 Å². The molecule has 2 atom stereocenters. The second kappa shape index (κ2) is 6.98. The number of piperidine rings is 1. The largest absolute Gasteiger partial charge is 0.344 e. The molecule has 2 aliphatic rings. The maximum Gasteiger partial charge on any atom is 0.344 e. The number of hydrogen-bond donors (Lipinski definition) is 3. The summed E-state index contributed by atoms with van der Waals surface area (Å²) < 4.78 is 27.4. The Morgan fingerprint density at radius 1 is 1.32 bits per heavy atom. The number of carbonyl (C=O) groups excluding carboxylic acids is 1. The molecule has 2 fully saturated rings. The maximum absolute atomic E-state index is 12.6. The molecule has 1 aromatic carbocycles. The van der Waals surface area contributed by atoms with Crippen LogP contribution in [0.4, 0.5) is 4.79 Å². The third-order valence-corrected chi connectivity index (χ3v) is 5.41. The first-order chi connectivity index (χ1) is 11.9. The number of carbonyl (C=O) groups is 1. The van der Waals surface area contributed by atoms with E-state index in [-0.39, 0.29) is 24.5 Å². The molecule has 2 bridgehead atoms. The van der Waals surface area contributed by atoms with E-state index < -0.39 is 16.3 Å². The van der Waals surface area contributed by atoms with Crippen LogP contribution >= 0.6 is 0 Å². The SMILES string of the molecule is CNS(=O)(=O)NC(=N)[C@@H]1CC[C@@H]2CN1C(=O)N2OCc1ccccc1. The van der Waals surface area contributed by atoms with Gasteiger partial charge in [0.15, 0.2) is 0 Å². The van der Waals surface area contributed by atoms with E-state index in [9.17, 15) is 13.2 Å². The molecule has 25 heavy (non-hydrogen) atoms. The monoisotopic (exact) mass is 367 g/mol. The van der Waals surface area contributed by atoms with Crippen molar-refractivity contribution >= 4 is 22.1 Å². The molecule has 2 saturated heterocycles. The molecular formula is C15H21N5O4S. The zero-order valence-corrected chi connectivity index (χ0v) is 14.6. The van der Waals surface area contributed by atoms with Crippen molar-refractivity contribution in [3.05, 3.63) is 35.9 Å². The molecule has 9 nitrogen and oxygen atoms in total. The van der Waals surface area contributed by atoms with Gasteiger partial charge in [-0.3, -0.25) is 15.0 Å². The van der Waals surface area contributed by atoms with Crippen molar-refractivity contribution in [2.45, 2.75) is 31.5 Å². The summed E-state index contributed by atoms with van der Waals surface area (Å²) in [6.07, 6.45) is 1.15. The Bertz CT molecular complexity index is 754. The number of amidine groups is 1. The van der Waals surface area contributed by atoms with Gasteiger partial charge in [0.25, 0.3) is 10.2 Å². The van der Waals surface area contributed by atoms with E-state index in [2.05, 4.69) is 9.44 Å². The first kappa shape index (κ1) is 17.6. The van der Waals surface area contributed by atoms with Crippen molar-refractivity contribution in [2.75, 3.05) is 13.6 Å². The van der Waals surface area contributed by atoms with Crippen LogP contribution in [0.25, 0.3) is 0 Å². The number of amides is 2. The smallest absolute Gasteiger partial charge is 0.311 e. The van der Waals surface area contributed by atoms with E-state index in [0.29, 0.717) is 19.4 Å². The van der Waals surface area contributed by atoms with Gasteiger partial charge in [-0.1, -0.05) is 30.3 Å². The summed E-state index contributed by atoms with van der Waals surface area (Å²) in [5, 5.41) is 9.36. The average Bonchev–Trinajstić information content (AvgIpc) is 2.84. The molecule has 136 valence electrons. The van der Waals surface area contributed by atoms with Crippen LogP contribution in [-0.2, 0) is 21.7 Å². The number of hydroxylamine groups is 2. The summed E-state index contributed by atoms with van der Waals surface area (Å²) in [5.74, 6) is -0.217. The highest BCUT2D eigenvalue weighted by atomic mass is 32.2. The lowest BCUT2D eigenvalue weighted by Gasteiger charge is -2.30. The van der Waals surface area contributed by atoms with Crippen LogP contribution in [0.3, 0.4) is 0 Å². The standard InChI is InChI=1S/C15H21N5O4S/c1-17-25(22,23)18-14(16)13-8-7-12-9-19(13)15(21)20(12)24-10-11-5-3-2-4-6-11/h2-6,12-13,17H,7-10H2,1H3,(H2,16,18)/t12-,13+/m1/s1. The van der Waals surface area contributed by atoms with E-state index in [0.717, 1.165) is 5.56 Å². The summed E-state index contributed by atoms with van der Waals surface area (Å²) >= 11 is 0. The van der Waals surface area contributed by atoms with E-state index in [1.165, 1.54) is 17.0 Å². The molecule has 0 spiro atoms. The van der Waals surface area contributed by atoms with Gasteiger partial charge >= 0.3 is 6.03 Å². The molecule has 2 amide bonds. The van der Waals surface area contributed by atoms with Crippen molar-refractivity contribution in [1.82, 2.24) is 19.4 Å². The van der Waals surface area contributed by atoms with Crippen molar-refractivity contribution in [3.63, 3.8) is 0 Å². The van der Waals surface area contributed by atoms with E-state index in [4.69, 9.17) is 10.2 Å². The zero-order valence-electron chi connectivity index (χ0n) is 13.8. The Balaban J connectivity index is 1.65. The Hall–Kier alpha value is -2.17. The van der Waals surface area contributed by atoms with Crippen molar-refractivity contribution in [2.24, 2.45) is 0 Å². The molecule has 2 aliphatic heterocycles. The maximum atomic E-state index is 12.6. The summed E-state index contributed by atoms with van der Waals surface area (Å²) in [6, 6.07) is 8.52. The quantitative estimate of drug-likeness (QED) is 0.499. The Morgan fingerprint density at radius 2 is 2.04 bits per heavy atom. The lowest BCUT2D eigenvalue weighted by atomic mass is 10.0. The fraction of sp³-hybridized carbons (Fsp3) is 0.467. The fourth-order valence-corrected chi connectivity index (χ4v) is 3.61. The summed E-state index contributed by atoms with van der Waals surface area (Å²) in [6.45, 7) is 0.702. The van der Waals surface area contributed by atoms with Gasteiger partial charge in [-0.15, -0.1) is 0 Å². The normalized spacial score (nSPS) is 23.0. The Labute approximate surface area is 146 Å². The van der Waals surface area contributed by atoms with Gasteiger partial charge in [-0.2, -0.15) is 13.5 Å². The lowest BCUT2D eigenvalue weighted by Crippen LogP contribution is -2.52. The van der Waals surface area contributed by atoms with Crippen molar-refractivity contribution < 1.29 is 18.0 Å². The minimum Gasteiger partial charge on any atom is -0.311 e. The summed E-state index contributed by atoms with van der Waals surface area (Å²) in [4.78, 5) is 19.8. The van der Waals surface area contributed by atoms with Gasteiger partial charge in [-0.05, 0) is 18.4 Å². The highest BCUT2D eigenvalue weighted by Crippen LogP contribution is 2.30. The van der Waals surface area contributed by atoms with Gasteiger partial charge in [0.1, 0.15) is 12.4 Å². The molecule has 3 rings (SSSR count). The van der Waals surface area contributed by atoms with Crippen molar-refractivity contribution in [3.8, 4) is 0 Å². The third kappa shape index (κ3) is 3.75. The summed E-state index contributed by atoms with van der Waals surface area (Å²) in [7, 11) is -2.51. The summed E-state index contributed by atoms with van der Waals surface area (Å²) in [5.41, 5.74) is 0.956. The van der Waals surface area contributed by atoms with Gasteiger partial charge in [0.05, 0.1) is 12.1 Å². The van der Waals surface area contributed by atoms with Crippen LogP contribution in [0.2, 0.25) is 0 Å². The van der Waals surface area contributed by atoms with E-state index >= 15 is 0 Å². The number of nitrogens with zero attached hydrogens (tertiary/aromatic N) is 2. The first-order valence-electron chi connectivity index (χ1n) is 7.97. The molecule has 3 N–H and O–H groups in total. The molecule has 10 heteroatoms. The van der Waals surface area contributed by atoms with Crippen LogP contribution in [-0.4, -0.2) is 55.9 Å². The van der Waals surface area contributed by atoms with E-state index in [1.807, 2.05) is 30.3 Å². The first-order valence-corrected chi connectivity index (χ1v) is 9.46. The predicted octanol–water partition coefficient (Wildman–Crippen LogP) is 0.418. The molecule has 0 aromatic heterocycles. The fourth-order valence-electron chi connectivity index (χ4n) is 3.08. The van der Waals surface area contributed by atoms with Crippen LogP contribution in [0, 0.1) is 5.41 Å². The average molecular weight is 367 g/mol. The number of hydrogen-bond acceptors (Lipinski definition) is 5. The second-order valence-electron chi connectivity index (χ2n) is 5.99. The molecule has 0 radical (unpaired) electrons. The molecule has 0 unspecified atom stereocenters. The third-order valence-electron chi connectivity index (χ3n) is 4.38. The minimum absolute atomic E-state index is 0.0823. The molecule has 0 aliphatic carbocycles. The van der Waals surface area contributed by atoms with Gasteiger partial charge in [-0.25, -0.2) is 9.52 Å². The molecule has 1 aromatic rings. The number of urea groups is 1. The Morgan fingerprint density at radius 3 is 2.72 bits per heavy atom. The van der Waals surface area contributed by atoms with Crippen LogP contribution in [0.5, 0.6) is 0 Å². The Kier molecular flexibility index (Phi) is 4.93. The molecule has 0 saturated carbocycles. The predicted molar refractivity (Wildman–Crippen MR) is 90.8 cm³/mol. The van der Waals surface area contributed by atoms with Gasteiger partial charge in [0, 0.05) is 13.6 Å². The number of fused-ring (bicyclic) bond motifs is 2. The second-order valence-corrected chi connectivity index (χ2v) is 7.61. The topological polar surface area (TPSA) is 115 Å². The lowest BCUT2D eigenvalue weighted by molar-refractivity contribution is -0.140. The minimum atomic E-state index is -3.77. The highest BCUT2D eigenvalue weighted by molar-refractivity contribution is 7.88. The number of nitrogens with one attached hydrogen (secondary N) is 3. The van der Waals surface area contributed by atoms with Crippen LogP contribution in [0.1, 0.15) is 18.4 Å². The zero-order chi connectivity index (χ0) is 18.0. The van der Waals surface area contributed by atoms with E-state index in [1.54, 1.807) is 0 Å². The van der Waals surface area contributed by atoms with Gasteiger partial charge < -0.3 is 4.90 Å². The highest BCUT2D eigenvalue weighted by Gasteiger charge is 2.47.